The lowest BCUT2D eigenvalue weighted by Crippen LogP contribution is -2.21. The molecule has 7 nitrogen and oxygen atoms in total. The number of sulfone groups is 1. The predicted octanol–water partition coefficient (Wildman–Crippen LogP) is 2.07. The lowest BCUT2D eigenvalue weighted by atomic mass is 10.1. The molecule has 1 N–H and O–H groups in total. The highest BCUT2D eigenvalue weighted by molar-refractivity contribution is 7.90. The van der Waals surface area contributed by atoms with Crippen LogP contribution in [0.25, 0.3) is 0 Å². The van der Waals surface area contributed by atoms with Crippen molar-refractivity contribution in [1.29, 1.82) is 5.26 Å². The fourth-order valence-electron chi connectivity index (χ4n) is 2.14. The highest BCUT2D eigenvalue weighted by Gasteiger charge is 2.17. The van der Waals surface area contributed by atoms with Gasteiger partial charge in [0.25, 0.3) is 5.91 Å². The summed E-state index contributed by atoms with van der Waals surface area (Å²) in [7, 11) is -3.47. The molecule has 0 heterocycles. The summed E-state index contributed by atoms with van der Waals surface area (Å²) < 4.78 is 28.2. The molecule has 134 valence electrons. The molecule has 0 spiro atoms. The van der Waals surface area contributed by atoms with E-state index in [-0.39, 0.29) is 16.0 Å². The minimum Gasteiger partial charge on any atom is -0.452 e. The fraction of sp³-hybridized carbons (Fsp3) is 0.167. The first kappa shape index (κ1) is 19.1. The Morgan fingerprint density at radius 2 is 1.88 bits per heavy atom. The number of nitrogens with zero attached hydrogens (tertiary/aromatic N) is 1. The van der Waals surface area contributed by atoms with E-state index in [1.807, 2.05) is 6.07 Å². The summed E-state index contributed by atoms with van der Waals surface area (Å²) in [6.45, 7) is 1.06. The molecule has 1 amide bonds. The number of anilines is 1. The molecular formula is C18H16N2O5S. The van der Waals surface area contributed by atoms with Crippen LogP contribution in [0.1, 0.15) is 21.5 Å². The summed E-state index contributed by atoms with van der Waals surface area (Å²) in [5.74, 6) is -1.42. The van der Waals surface area contributed by atoms with E-state index in [0.717, 1.165) is 6.26 Å². The van der Waals surface area contributed by atoms with Gasteiger partial charge < -0.3 is 10.1 Å². The standard InChI is InChI=1S/C18H16N2O5S/c1-12-7-8-14(26(2,23)24)9-15(12)18(22)25-11-17(21)20-16-6-4-3-5-13(16)10-19/h3-9H,11H2,1-2H3,(H,20,21). The van der Waals surface area contributed by atoms with Crippen LogP contribution in [-0.2, 0) is 19.4 Å². The molecule has 0 atom stereocenters. The minimum atomic E-state index is -3.47. The molecule has 8 heteroatoms. The Kier molecular flexibility index (Phi) is 5.75. The van der Waals surface area contributed by atoms with Gasteiger partial charge in [-0.15, -0.1) is 0 Å². The molecular weight excluding hydrogens is 356 g/mol. The van der Waals surface area contributed by atoms with Crippen molar-refractivity contribution in [3.63, 3.8) is 0 Å². The second kappa shape index (κ2) is 7.80. The van der Waals surface area contributed by atoms with Gasteiger partial charge >= 0.3 is 5.97 Å². The lowest BCUT2D eigenvalue weighted by Gasteiger charge is -2.10. The number of hydrogen-bond donors (Lipinski definition) is 1. The number of amides is 1. The van der Waals surface area contributed by atoms with Gasteiger partial charge in [-0.05, 0) is 36.8 Å². The monoisotopic (exact) mass is 372 g/mol. The van der Waals surface area contributed by atoms with Crippen LogP contribution in [0.2, 0.25) is 0 Å². The molecule has 0 aliphatic carbocycles. The number of benzene rings is 2. The summed E-state index contributed by atoms with van der Waals surface area (Å²) in [6.07, 6.45) is 1.03. The van der Waals surface area contributed by atoms with Gasteiger partial charge in [0.2, 0.25) is 0 Å². The smallest absolute Gasteiger partial charge is 0.338 e. The van der Waals surface area contributed by atoms with E-state index >= 15 is 0 Å². The molecule has 2 aromatic rings. The van der Waals surface area contributed by atoms with Gasteiger partial charge in [0.1, 0.15) is 6.07 Å². The zero-order valence-corrected chi connectivity index (χ0v) is 15.0. The van der Waals surface area contributed by atoms with Crippen LogP contribution in [-0.4, -0.2) is 33.2 Å². The van der Waals surface area contributed by atoms with E-state index in [1.165, 1.54) is 18.2 Å². The molecule has 0 aromatic heterocycles. The summed E-state index contributed by atoms with van der Waals surface area (Å²) in [5.41, 5.74) is 1.19. The first-order valence-corrected chi connectivity index (χ1v) is 9.38. The van der Waals surface area contributed by atoms with Crippen molar-refractivity contribution in [1.82, 2.24) is 0 Å². The highest BCUT2D eigenvalue weighted by atomic mass is 32.2. The van der Waals surface area contributed by atoms with Gasteiger partial charge in [0.05, 0.1) is 21.7 Å². The van der Waals surface area contributed by atoms with Crippen molar-refractivity contribution in [3.8, 4) is 6.07 Å². The van der Waals surface area contributed by atoms with Crippen LogP contribution in [0, 0.1) is 18.3 Å². The lowest BCUT2D eigenvalue weighted by molar-refractivity contribution is -0.119. The van der Waals surface area contributed by atoms with Gasteiger partial charge in [-0.3, -0.25) is 4.79 Å². The van der Waals surface area contributed by atoms with Gasteiger partial charge in [0, 0.05) is 6.26 Å². The Bertz CT molecular complexity index is 1010. The third-order valence-electron chi connectivity index (χ3n) is 3.51. The Morgan fingerprint density at radius 3 is 2.54 bits per heavy atom. The number of para-hydroxylation sites is 1. The molecule has 0 fully saturated rings. The summed E-state index contributed by atoms with van der Waals surface area (Å²) in [5, 5.41) is 11.5. The number of hydrogen-bond acceptors (Lipinski definition) is 6. The first-order valence-electron chi connectivity index (χ1n) is 7.49. The number of ether oxygens (including phenoxy) is 1. The minimum absolute atomic E-state index is 0.0116. The van der Waals surface area contributed by atoms with Gasteiger partial charge in [0.15, 0.2) is 16.4 Å². The van der Waals surface area contributed by atoms with E-state index in [1.54, 1.807) is 31.2 Å². The molecule has 0 aliphatic heterocycles. The van der Waals surface area contributed by atoms with Crippen LogP contribution in [0.4, 0.5) is 5.69 Å². The third-order valence-corrected chi connectivity index (χ3v) is 4.62. The summed E-state index contributed by atoms with van der Waals surface area (Å²) in [4.78, 5) is 24.1. The van der Waals surface area contributed by atoms with Gasteiger partial charge in [-0.1, -0.05) is 18.2 Å². The number of nitriles is 1. The Morgan fingerprint density at radius 1 is 1.19 bits per heavy atom. The maximum absolute atomic E-state index is 12.2. The van der Waals surface area contributed by atoms with E-state index < -0.39 is 28.3 Å². The molecule has 0 saturated carbocycles. The molecule has 0 unspecified atom stereocenters. The van der Waals surface area contributed by atoms with Crippen molar-refractivity contribution in [2.45, 2.75) is 11.8 Å². The number of carbonyl (C=O) groups excluding carboxylic acids is 2. The van der Waals surface area contributed by atoms with E-state index in [0.29, 0.717) is 11.3 Å². The topological polar surface area (TPSA) is 113 Å². The number of nitrogens with one attached hydrogen (secondary N) is 1. The molecule has 26 heavy (non-hydrogen) atoms. The highest BCUT2D eigenvalue weighted by Crippen LogP contribution is 2.17. The van der Waals surface area contributed by atoms with Crippen molar-refractivity contribution in [2.75, 3.05) is 18.2 Å². The Balaban J connectivity index is 2.07. The zero-order chi connectivity index (χ0) is 19.3. The maximum atomic E-state index is 12.2. The van der Waals surface area contributed by atoms with E-state index in [9.17, 15) is 18.0 Å². The SMILES string of the molecule is Cc1ccc(S(C)(=O)=O)cc1C(=O)OCC(=O)Nc1ccccc1C#N. The van der Waals surface area contributed by atoms with Crippen molar-refractivity contribution >= 4 is 27.4 Å². The molecule has 0 radical (unpaired) electrons. The van der Waals surface area contributed by atoms with Crippen molar-refractivity contribution in [2.24, 2.45) is 0 Å². The van der Waals surface area contributed by atoms with Crippen molar-refractivity contribution in [3.05, 3.63) is 59.2 Å². The van der Waals surface area contributed by atoms with Gasteiger partial charge in [-0.2, -0.15) is 5.26 Å². The molecule has 0 bridgehead atoms. The third kappa shape index (κ3) is 4.68. The Labute approximate surface area is 151 Å². The normalized spacial score (nSPS) is 10.7. The Hall–Kier alpha value is -3.18. The quantitative estimate of drug-likeness (QED) is 0.804. The van der Waals surface area contributed by atoms with Crippen LogP contribution in [0.15, 0.2) is 47.4 Å². The van der Waals surface area contributed by atoms with E-state index in [2.05, 4.69) is 5.32 Å². The molecule has 2 aromatic carbocycles. The first-order chi connectivity index (χ1) is 12.2. The second-order valence-electron chi connectivity index (χ2n) is 5.53. The van der Waals surface area contributed by atoms with Crippen LogP contribution < -0.4 is 5.32 Å². The van der Waals surface area contributed by atoms with E-state index in [4.69, 9.17) is 10.00 Å². The number of esters is 1. The van der Waals surface area contributed by atoms with Crippen LogP contribution in [0.3, 0.4) is 0 Å². The predicted molar refractivity (Wildman–Crippen MR) is 94.4 cm³/mol. The molecule has 2 rings (SSSR count). The van der Waals surface area contributed by atoms with Crippen molar-refractivity contribution < 1.29 is 22.7 Å². The second-order valence-corrected chi connectivity index (χ2v) is 7.55. The maximum Gasteiger partial charge on any atom is 0.338 e. The number of rotatable bonds is 5. The zero-order valence-electron chi connectivity index (χ0n) is 14.1. The van der Waals surface area contributed by atoms with Crippen LogP contribution in [0.5, 0.6) is 0 Å². The van der Waals surface area contributed by atoms with Crippen LogP contribution >= 0.6 is 0 Å². The summed E-state index contributed by atoms with van der Waals surface area (Å²) >= 11 is 0. The largest absolute Gasteiger partial charge is 0.452 e. The average Bonchev–Trinajstić information content (AvgIpc) is 2.59. The average molecular weight is 372 g/mol. The fourth-order valence-corrected chi connectivity index (χ4v) is 2.78. The molecule has 0 aliphatic rings. The summed E-state index contributed by atoms with van der Waals surface area (Å²) in [6, 6.07) is 12.5. The van der Waals surface area contributed by atoms with Gasteiger partial charge in [-0.25, -0.2) is 13.2 Å². The number of aryl methyl sites for hydroxylation is 1. The number of carbonyl (C=O) groups is 2. The molecule has 0 saturated heterocycles.